The Kier molecular flexibility index (Phi) is 4.73. The molecule has 0 saturated heterocycles. The highest BCUT2D eigenvalue weighted by atomic mass is 28.3. The van der Waals surface area contributed by atoms with Crippen LogP contribution in [0.3, 0.4) is 0 Å². The van der Waals surface area contributed by atoms with Crippen molar-refractivity contribution in [2.24, 2.45) is 12.0 Å². The second-order valence-electron chi connectivity index (χ2n) is 5.04. The first kappa shape index (κ1) is 14.5. The van der Waals surface area contributed by atoms with Gasteiger partial charge in [-0.05, 0) is 32.2 Å². The van der Waals surface area contributed by atoms with E-state index in [4.69, 9.17) is 4.43 Å². The van der Waals surface area contributed by atoms with Crippen molar-refractivity contribution in [3.05, 3.63) is 42.0 Å². The topological polar surface area (TPSA) is 39.4 Å². The summed E-state index contributed by atoms with van der Waals surface area (Å²) in [4.78, 5) is 8.89. The van der Waals surface area contributed by atoms with Crippen LogP contribution in [0.5, 0.6) is 5.75 Å². The van der Waals surface area contributed by atoms with Gasteiger partial charge in [-0.3, -0.25) is 4.99 Å². The third-order valence-corrected chi connectivity index (χ3v) is 3.80. The van der Waals surface area contributed by atoms with Gasteiger partial charge in [-0.2, -0.15) is 0 Å². The molecule has 1 aromatic carbocycles. The molecular weight excluding hydrogens is 266 g/mol. The number of aryl methyl sites for hydroxylation is 1. The molecule has 2 aromatic rings. The van der Waals surface area contributed by atoms with Gasteiger partial charge >= 0.3 is 0 Å². The lowest BCUT2D eigenvalue weighted by Crippen LogP contribution is -2.11. The molecule has 0 spiro atoms. The van der Waals surface area contributed by atoms with Crippen LogP contribution in [0, 0.1) is 6.92 Å². The lowest BCUT2D eigenvalue weighted by molar-refractivity contribution is 0.582. The quantitative estimate of drug-likeness (QED) is 0.626. The van der Waals surface area contributed by atoms with E-state index in [9.17, 15) is 0 Å². The Labute approximate surface area is 121 Å². The van der Waals surface area contributed by atoms with Crippen LogP contribution in [-0.2, 0) is 13.5 Å². The van der Waals surface area contributed by atoms with E-state index in [1.54, 1.807) is 0 Å². The van der Waals surface area contributed by atoms with Crippen molar-refractivity contribution in [1.82, 2.24) is 9.55 Å². The normalized spacial score (nSPS) is 11.4. The minimum atomic E-state index is -1.11. The van der Waals surface area contributed by atoms with E-state index in [2.05, 4.69) is 30.0 Å². The molecule has 1 aromatic heterocycles. The van der Waals surface area contributed by atoms with Gasteiger partial charge in [0.2, 0.25) is 9.04 Å². The number of nitrogens with zero attached hydrogens (tertiary/aromatic N) is 3. The molecule has 0 aliphatic heterocycles. The zero-order chi connectivity index (χ0) is 14.5. The average Bonchev–Trinajstić information content (AvgIpc) is 2.72. The van der Waals surface area contributed by atoms with Gasteiger partial charge < -0.3 is 8.99 Å². The van der Waals surface area contributed by atoms with Crippen molar-refractivity contribution in [3.8, 4) is 5.75 Å². The number of imidazole rings is 1. The molecular formula is C15H21N3OSi. The zero-order valence-electron chi connectivity index (χ0n) is 12.5. The second kappa shape index (κ2) is 6.52. The summed E-state index contributed by atoms with van der Waals surface area (Å²) >= 11 is 0. The predicted molar refractivity (Wildman–Crippen MR) is 85.7 cm³/mol. The standard InChI is InChI=1S/C15H21N3OSi/c1-12-13(17-11-18(12)2)9-10-16-14-7-5-6-8-15(14)19-20(3)4/h5-8,10-11,20H,9H2,1-4H3. The molecule has 0 radical (unpaired) electrons. The minimum Gasteiger partial charge on any atom is -0.546 e. The minimum absolute atomic E-state index is 0.736. The number of para-hydroxylation sites is 2. The van der Waals surface area contributed by atoms with Crippen LogP contribution in [-0.4, -0.2) is 24.8 Å². The van der Waals surface area contributed by atoms with Crippen molar-refractivity contribution < 1.29 is 4.43 Å². The third-order valence-electron chi connectivity index (χ3n) is 3.08. The first-order valence-corrected chi connectivity index (χ1v) is 9.61. The summed E-state index contributed by atoms with van der Waals surface area (Å²) in [7, 11) is 0.886. The smallest absolute Gasteiger partial charge is 0.229 e. The molecule has 0 aliphatic carbocycles. The van der Waals surface area contributed by atoms with E-state index in [-0.39, 0.29) is 0 Å². The van der Waals surface area contributed by atoms with Crippen LogP contribution in [0.25, 0.3) is 0 Å². The molecule has 0 fully saturated rings. The van der Waals surface area contributed by atoms with Crippen LogP contribution < -0.4 is 4.43 Å². The summed E-state index contributed by atoms with van der Waals surface area (Å²) in [6.45, 7) is 6.37. The predicted octanol–water partition coefficient (Wildman–Crippen LogP) is 3.04. The molecule has 5 heteroatoms. The molecule has 2 rings (SSSR count). The molecule has 1 heterocycles. The van der Waals surface area contributed by atoms with Crippen molar-refractivity contribution in [3.63, 3.8) is 0 Å². The molecule has 0 unspecified atom stereocenters. The Morgan fingerprint density at radius 3 is 2.75 bits per heavy atom. The summed E-state index contributed by atoms with van der Waals surface area (Å²) < 4.78 is 7.90. The fourth-order valence-electron chi connectivity index (χ4n) is 1.89. The van der Waals surface area contributed by atoms with Crippen LogP contribution in [0.1, 0.15) is 11.4 Å². The molecule has 0 saturated carbocycles. The van der Waals surface area contributed by atoms with Crippen molar-refractivity contribution in [1.29, 1.82) is 0 Å². The van der Waals surface area contributed by atoms with Crippen LogP contribution in [0.15, 0.2) is 35.6 Å². The lowest BCUT2D eigenvalue weighted by atomic mass is 10.2. The summed E-state index contributed by atoms with van der Waals surface area (Å²) in [5.74, 6) is 0.878. The van der Waals surface area contributed by atoms with Crippen molar-refractivity contribution in [2.75, 3.05) is 0 Å². The number of aliphatic imine (C=N–C) groups is 1. The van der Waals surface area contributed by atoms with Gasteiger partial charge in [0.05, 0.1) is 12.0 Å². The first-order valence-electron chi connectivity index (χ1n) is 6.83. The first-order chi connectivity index (χ1) is 9.58. The zero-order valence-corrected chi connectivity index (χ0v) is 13.7. The van der Waals surface area contributed by atoms with E-state index in [0.717, 1.165) is 23.6 Å². The summed E-state index contributed by atoms with van der Waals surface area (Å²) in [5.41, 5.74) is 3.13. The summed E-state index contributed by atoms with van der Waals surface area (Å²) in [6, 6.07) is 7.92. The number of hydrogen-bond donors (Lipinski definition) is 0. The highest BCUT2D eigenvalue weighted by Gasteiger charge is 2.05. The van der Waals surface area contributed by atoms with E-state index in [0.29, 0.717) is 0 Å². The average molecular weight is 287 g/mol. The van der Waals surface area contributed by atoms with Gasteiger partial charge in [0, 0.05) is 25.4 Å². The molecule has 4 nitrogen and oxygen atoms in total. The Balaban J connectivity index is 2.10. The molecule has 0 N–H and O–H groups in total. The summed E-state index contributed by atoms with van der Waals surface area (Å²) in [5, 5.41) is 0. The van der Waals surface area contributed by atoms with E-state index in [1.807, 2.05) is 48.4 Å². The van der Waals surface area contributed by atoms with Gasteiger partial charge in [0.25, 0.3) is 0 Å². The Morgan fingerprint density at radius 1 is 1.35 bits per heavy atom. The third kappa shape index (κ3) is 3.57. The highest BCUT2D eigenvalue weighted by Crippen LogP contribution is 2.27. The maximum atomic E-state index is 5.88. The second-order valence-corrected chi connectivity index (χ2v) is 7.37. The highest BCUT2D eigenvalue weighted by molar-refractivity contribution is 6.49. The van der Waals surface area contributed by atoms with Gasteiger partial charge in [-0.25, -0.2) is 4.98 Å². The SMILES string of the molecule is Cc1c(CC=Nc2ccccc2O[SiH](C)C)ncn1C. The number of hydrogen-bond acceptors (Lipinski definition) is 3. The Morgan fingerprint density at radius 2 is 2.10 bits per heavy atom. The maximum absolute atomic E-state index is 5.88. The Bertz CT molecular complexity index is 605. The van der Waals surface area contributed by atoms with E-state index >= 15 is 0 Å². The van der Waals surface area contributed by atoms with Crippen LogP contribution in [0.2, 0.25) is 13.1 Å². The van der Waals surface area contributed by atoms with Crippen molar-refractivity contribution in [2.45, 2.75) is 26.4 Å². The number of rotatable bonds is 5. The summed E-state index contributed by atoms with van der Waals surface area (Å²) in [6.07, 6.45) is 4.47. The van der Waals surface area contributed by atoms with Crippen molar-refractivity contribution >= 4 is 20.9 Å². The largest absolute Gasteiger partial charge is 0.546 e. The molecule has 0 aliphatic rings. The van der Waals surface area contributed by atoms with E-state index < -0.39 is 9.04 Å². The molecule has 0 atom stereocenters. The molecule has 0 bridgehead atoms. The molecule has 20 heavy (non-hydrogen) atoms. The van der Waals surface area contributed by atoms with Crippen LogP contribution >= 0.6 is 0 Å². The maximum Gasteiger partial charge on any atom is 0.229 e. The van der Waals surface area contributed by atoms with Gasteiger partial charge in [0.15, 0.2) is 0 Å². The van der Waals surface area contributed by atoms with E-state index in [1.165, 1.54) is 5.69 Å². The number of aromatic nitrogens is 2. The fraction of sp³-hybridized carbons (Fsp3) is 0.333. The van der Waals surface area contributed by atoms with Gasteiger partial charge in [-0.15, -0.1) is 0 Å². The monoisotopic (exact) mass is 287 g/mol. The molecule has 106 valence electrons. The van der Waals surface area contributed by atoms with Gasteiger partial charge in [0.1, 0.15) is 11.4 Å². The Hall–Kier alpha value is -1.88. The van der Waals surface area contributed by atoms with Gasteiger partial charge in [-0.1, -0.05) is 12.1 Å². The fourth-order valence-corrected chi connectivity index (χ4v) is 2.60. The molecule has 0 amide bonds. The lowest BCUT2D eigenvalue weighted by Gasteiger charge is -2.11. The number of benzene rings is 1. The van der Waals surface area contributed by atoms with Crippen LogP contribution in [0.4, 0.5) is 5.69 Å².